The van der Waals surface area contributed by atoms with Gasteiger partial charge in [-0.2, -0.15) is 0 Å². The molecule has 6 nitrogen and oxygen atoms in total. The van der Waals surface area contributed by atoms with Crippen molar-refractivity contribution in [1.82, 2.24) is 14.7 Å². The lowest BCUT2D eigenvalue weighted by Crippen LogP contribution is -2.50. The van der Waals surface area contributed by atoms with Crippen LogP contribution in [0.1, 0.15) is 43.0 Å². The Hall–Kier alpha value is -1.99. The van der Waals surface area contributed by atoms with E-state index in [4.69, 9.17) is 9.47 Å². The molecule has 0 aliphatic carbocycles. The summed E-state index contributed by atoms with van der Waals surface area (Å²) in [5.74, 6) is 1.69. The van der Waals surface area contributed by atoms with Crippen molar-refractivity contribution in [3.63, 3.8) is 0 Å². The molecule has 1 amide bonds. The average molecular weight is 539 g/mol. The summed E-state index contributed by atoms with van der Waals surface area (Å²) in [7, 11) is 3.31. The minimum atomic E-state index is 0. The highest BCUT2D eigenvalue weighted by Crippen LogP contribution is 2.33. The van der Waals surface area contributed by atoms with Gasteiger partial charge in [0, 0.05) is 45.8 Å². The third-order valence-electron chi connectivity index (χ3n) is 7.12. The fourth-order valence-corrected chi connectivity index (χ4v) is 4.86. The van der Waals surface area contributed by atoms with Crippen LogP contribution < -0.4 is 9.47 Å². The molecule has 0 aromatic heterocycles. The van der Waals surface area contributed by atoms with E-state index in [9.17, 15) is 4.79 Å². The molecule has 0 saturated carbocycles. The number of hydrogen-bond acceptors (Lipinski definition) is 5. The van der Waals surface area contributed by atoms with Gasteiger partial charge in [0.05, 0.1) is 20.8 Å². The fourth-order valence-electron chi connectivity index (χ4n) is 4.86. The number of halogens is 2. The Morgan fingerprint density at radius 1 is 0.833 bits per heavy atom. The van der Waals surface area contributed by atoms with E-state index in [0.717, 1.165) is 62.8 Å². The molecule has 0 atom stereocenters. The lowest BCUT2D eigenvalue weighted by atomic mass is 9.87. The van der Waals surface area contributed by atoms with Gasteiger partial charge < -0.3 is 14.4 Å². The van der Waals surface area contributed by atoms with Crippen molar-refractivity contribution in [1.29, 1.82) is 0 Å². The molecular formula is C28H41Cl2N3O3. The number of carbonyl (C=O) groups excluding carboxylic acids is 1. The Labute approximate surface area is 228 Å². The lowest BCUT2D eigenvalue weighted by Gasteiger charge is -2.36. The summed E-state index contributed by atoms with van der Waals surface area (Å²) in [6, 6.07) is 13.1. The van der Waals surface area contributed by atoms with E-state index >= 15 is 0 Å². The molecule has 8 heteroatoms. The largest absolute Gasteiger partial charge is 0.493 e. The van der Waals surface area contributed by atoms with Gasteiger partial charge in [-0.25, -0.2) is 0 Å². The molecule has 0 radical (unpaired) electrons. The fraction of sp³-hybridized carbons (Fsp3) is 0.536. The predicted octanol–water partition coefficient (Wildman–Crippen LogP) is 4.55. The van der Waals surface area contributed by atoms with Crippen LogP contribution in [-0.4, -0.2) is 74.1 Å². The molecule has 2 aliphatic rings. The van der Waals surface area contributed by atoms with E-state index in [1.807, 2.05) is 17.0 Å². The van der Waals surface area contributed by atoms with E-state index in [0.29, 0.717) is 13.1 Å². The quantitative estimate of drug-likeness (QED) is 0.540. The molecule has 4 rings (SSSR count). The summed E-state index contributed by atoms with van der Waals surface area (Å²) in [4.78, 5) is 19.8. The maximum Gasteiger partial charge on any atom is 0.237 e. The molecule has 1 fully saturated rings. The summed E-state index contributed by atoms with van der Waals surface area (Å²) in [5.41, 5.74) is 5.31. The summed E-state index contributed by atoms with van der Waals surface area (Å²) in [6.45, 7) is 13.5. The van der Waals surface area contributed by atoms with Crippen molar-refractivity contribution in [2.24, 2.45) is 0 Å². The second kappa shape index (κ2) is 13.0. The first-order chi connectivity index (χ1) is 16.3. The van der Waals surface area contributed by atoms with E-state index < -0.39 is 0 Å². The van der Waals surface area contributed by atoms with Gasteiger partial charge in [-0.1, -0.05) is 45.0 Å². The van der Waals surface area contributed by atoms with Crippen LogP contribution >= 0.6 is 24.8 Å². The Balaban J connectivity index is 0.00000228. The molecule has 2 aromatic carbocycles. The summed E-state index contributed by atoms with van der Waals surface area (Å²) >= 11 is 0. The molecule has 0 unspecified atom stereocenters. The number of piperazine rings is 1. The predicted molar refractivity (Wildman–Crippen MR) is 150 cm³/mol. The zero-order chi connectivity index (χ0) is 24.3. The van der Waals surface area contributed by atoms with Gasteiger partial charge in [-0.15, -0.1) is 24.8 Å². The van der Waals surface area contributed by atoms with Crippen molar-refractivity contribution in [2.45, 2.75) is 45.7 Å². The topological polar surface area (TPSA) is 45.3 Å². The number of amides is 1. The van der Waals surface area contributed by atoms with Gasteiger partial charge in [0.2, 0.25) is 5.91 Å². The second-order valence-electron chi connectivity index (χ2n) is 10.5. The van der Waals surface area contributed by atoms with Crippen molar-refractivity contribution in [3.05, 3.63) is 58.7 Å². The van der Waals surface area contributed by atoms with Crippen molar-refractivity contribution in [3.8, 4) is 11.5 Å². The summed E-state index contributed by atoms with van der Waals surface area (Å²) in [6.07, 6.45) is 0.850. The Morgan fingerprint density at radius 2 is 1.39 bits per heavy atom. The number of nitrogens with zero attached hydrogens (tertiary/aromatic N) is 3. The van der Waals surface area contributed by atoms with Gasteiger partial charge in [0.15, 0.2) is 11.5 Å². The standard InChI is InChI=1S/C28H39N3O3.2ClH/c1-28(2,3)24-8-6-21(7-9-24)18-29-12-14-30(15-13-29)20-27(32)31-11-10-22-16-25(33-4)26(34-5)17-23(22)19-31;;/h6-9,16-17H,10-15,18-20H2,1-5H3;2*1H. The van der Waals surface area contributed by atoms with E-state index in [1.165, 1.54) is 16.7 Å². The van der Waals surface area contributed by atoms with Crippen molar-refractivity contribution in [2.75, 3.05) is 53.5 Å². The molecule has 2 heterocycles. The van der Waals surface area contributed by atoms with Crippen LogP contribution in [0.3, 0.4) is 0 Å². The van der Waals surface area contributed by atoms with Gasteiger partial charge >= 0.3 is 0 Å². The molecule has 1 saturated heterocycles. The highest BCUT2D eigenvalue weighted by Gasteiger charge is 2.26. The number of hydrogen-bond donors (Lipinski definition) is 0. The molecule has 0 N–H and O–H groups in total. The van der Waals surface area contributed by atoms with Crippen LogP contribution in [0.2, 0.25) is 0 Å². The van der Waals surface area contributed by atoms with E-state index in [-0.39, 0.29) is 36.1 Å². The number of carbonyl (C=O) groups is 1. The third kappa shape index (κ3) is 7.28. The molecule has 2 aromatic rings. The average Bonchev–Trinajstić information content (AvgIpc) is 2.83. The molecule has 2 aliphatic heterocycles. The van der Waals surface area contributed by atoms with Crippen LogP contribution in [0.25, 0.3) is 0 Å². The monoisotopic (exact) mass is 537 g/mol. The Morgan fingerprint density at radius 3 is 1.94 bits per heavy atom. The Bertz CT molecular complexity index is 1000. The minimum Gasteiger partial charge on any atom is -0.493 e. The lowest BCUT2D eigenvalue weighted by molar-refractivity contribution is -0.133. The second-order valence-corrected chi connectivity index (χ2v) is 10.5. The summed E-state index contributed by atoms with van der Waals surface area (Å²) in [5, 5.41) is 0. The van der Waals surface area contributed by atoms with Gasteiger partial charge in [0.1, 0.15) is 0 Å². The van der Waals surface area contributed by atoms with Crippen LogP contribution in [0, 0.1) is 0 Å². The van der Waals surface area contributed by atoms with Crippen LogP contribution in [0.15, 0.2) is 36.4 Å². The minimum absolute atomic E-state index is 0. The maximum absolute atomic E-state index is 13.1. The van der Waals surface area contributed by atoms with Crippen LogP contribution in [0.5, 0.6) is 11.5 Å². The maximum atomic E-state index is 13.1. The smallest absolute Gasteiger partial charge is 0.237 e. The SMILES string of the molecule is COc1cc2c(cc1OC)CN(C(=O)CN1CCN(Cc3ccc(C(C)(C)C)cc3)CC1)CC2.Cl.Cl. The number of rotatable bonds is 6. The van der Waals surface area contributed by atoms with Gasteiger partial charge in [-0.3, -0.25) is 14.6 Å². The van der Waals surface area contributed by atoms with Gasteiger partial charge in [0.25, 0.3) is 0 Å². The number of benzene rings is 2. The molecule has 0 spiro atoms. The highest BCUT2D eigenvalue weighted by molar-refractivity contribution is 5.85. The van der Waals surface area contributed by atoms with E-state index in [2.05, 4.69) is 54.8 Å². The summed E-state index contributed by atoms with van der Waals surface area (Å²) < 4.78 is 10.9. The third-order valence-corrected chi connectivity index (χ3v) is 7.12. The number of fused-ring (bicyclic) bond motifs is 1. The zero-order valence-electron chi connectivity index (χ0n) is 22.2. The first kappa shape index (κ1) is 30.2. The molecule has 36 heavy (non-hydrogen) atoms. The van der Waals surface area contributed by atoms with E-state index in [1.54, 1.807) is 14.2 Å². The van der Waals surface area contributed by atoms with Crippen molar-refractivity contribution < 1.29 is 14.3 Å². The first-order valence-electron chi connectivity index (χ1n) is 12.3. The van der Waals surface area contributed by atoms with Gasteiger partial charge in [-0.05, 0) is 46.2 Å². The molecular weight excluding hydrogens is 497 g/mol. The Kier molecular flexibility index (Phi) is 10.9. The molecule has 200 valence electrons. The molecule has 0 bridgehead atoms. The van der Waals surface area contributed by atoms with Crippen LogP contribution in [-0.2, 0) is 29.7 Å². The number of ether oxygens (including phenoxy) is 2. The van der Waals surface area contributed by atoms with Crippen LogP contribution in [0.4, 0.5) is 0 Å². The zero-order valence-corrected chi connectivity index (χ0v) is 23.8. The first-order valence-corrected chi connectivity index (χ1v) is 12.3. The normalized spacial score (nSPS) is 16.4. The number of methoxy groups -OCH3 is 2. The highest BCUT2D eigenvalue weighted by atomic mass is 35.5. The van der Waals surface area contributed by atoms with Crippen molar-refractivity contribution >= 4 is 30.7 Å².